The van der Waals surface area contributed by atoms with Crippen LogP contribution in [0.2, 0.25) is 0 Å². The van der Waals surface area contributed by atoms with Crippen molar-refractivity contribution in [1.29, 1.82) is 0 Å². The molecule has 0 bridgehead atoms. The van der Waals surface area contributed by atoms with Crippen molar-refractivity contribution in [2.75, 3.05) is 11.4 Å². The maximum atomic E-state index is 14.5. The summed E-state index contributed by atoms with van der Waals surface area (Å²) >= 11 is 0. The zero-order valence-electron chi connectivity index (χ0n) is 17.9. The van der Waals surface area contributed by atoms with Crippen molar-refractivity contribution in [3.63, 3.8) is 0 Å². The second-order valence-corrected chi connectivity index (χ2v) is 7.98. The van der Waals surface area contributed by atoms with E-state index < -0.39 is 40.7 Å². The molecule has 4 heterocycles. The van der Waals surface area contributed by atoms with Gasteiger partial charge in [0, 0.05) is 24.9 Å². The first-order chi connectivity index (χ1) is 16.7. The Morgan fingerprint density at radius 2 is 1.89 bits per heavy atom. The average molecular weight is 492 g/mol. The van der Waals surface area contributed by atoms with E-state index in [4.69, 9.17) is 9.47 Å². The monoisotopic (exact) mass is 492 g/mol. The number of hydrogen-bond donors (Lipinski definition) is 0. The molecule has 0 aliphatic carbocycles. The maximum absolute atomic E-state index is 14.5. The van der Waals surface area contributed by atoms with Crippen molar-refractivity contribution < 1.29 is 31.4 Å². The van der Waals surface area contributed by atoms with E-state index >= 15 is 0 Å². The molecule has 2 aromatic heterocycles. The number of hydrogen-bond acceptors (Lipinski definition) is 6. The number of ether oxygens (including phenoxy) is 2. The minimum atomic E-state index is -4.74. The molecule has 0 spiro atoms. The first-order valence-electron chi connectivity index (χ1n) is 10.6. The third-order valence-corrected chi connectivity index (χ3v) is 5.61. The number of aromatic nitrogens is 3. The molecule has 12 heteroatoms. The lowest BCUT2D eigenvalue weighted by molar-refractivity contribution is -0.141. The van der Waals surface area contributed by atoms with Gasteiger partial charge in [-0.05, 0) is 30.2 Å². The fraction of sp³-hybridized carbons (Fsp3) is 0.261. The minimum absolute atomic E-state index is 0.00839. The number of nitrogens with zero attached hydrogens (tertiary/aromatic N) is 4. The molecule has 7 nitrogen and oxygen atoms in total. The quantitative estimate of drug-likeness (QED) is 0.387. The number of rotatable bonds is 5. The average Bonchev–Trinajstić information content (AvgIpc) is 3.19. The molecule has 5 rings (SSSR count). The molecule has 0 amide bonds. The van der Waals surface area contributed by atoms with Crippen LogP contribution < -0.4 is 20.1 Å². The van der Waals surface area contributed by atoms with E-state index in [1.807, 2.05) is 6.08 Å². The van der Waals surface area contributed by atoms with Crippen molar-refractivity contribution >= 4 is 5.82 Å². The second kappa shape index (κ2) is 8.67. The van der Waals surface area contributed by atoms with Gasteiger partial charge in [0.2, 0.25) is 5.88 Å². The molecule has 3 aromatic rings. The summed E-state index contributed by atoms with van der Waals surface area (Å²) in [5.41, 5.74) is -1.68. The number of benzene rings is 1. The number of fused-ring (bicyclic) bond motifs is 3. The smallest absolute Gasteiger partial charge is 0.433 e. The van der Waals surface area contributed by atoms with Crippen molar-refractivity contribution in [1.82, 2.24) is 14.5 Å². The van der Waals surface area contributed by atoms with E-state index in [0.29, 0.717) is 18.4 Å². The highest BCUT2D eigenvalue weighted by Crippen LogP contribution is 2.34. The zero-order valence-corrected chi connectivity index (χ0v) is 17.9. The highest BCUT2D eigenvalue weighted by Gasteiger charge is 2.33. The molecule has 182 valence electrons. The van der Waals surface area contributed by atoms with Gasteiger partial charge in [0.15, 0.2) is 17.4 Å². The summed E-state index contributed by atoms with van der Waals surface area (Å²) in [7, 11) is 0. The lowest BCUT2D eigenvalue weighted by Gasteiger charge is -2.26. The van der Waals surface area contributed by atoms with Crippen LogP contribution >= 0.6 is 0 Å². The van der Waals surface area contributed by atoms with Gasteiger partial charge < -0.3 is 14.4 Å². The molecule has 35 heavy (non-hydrogen) atoms. The summed E-state index contributed by atoms with van der Waals surface area (Å²) < 4.78 is 79.6. The number of anilines is 1. The summed E-state index contributed by atoms with van der Waals surface area (Å²) in [5, 5.41) is 0. The Morgan fingerprint density at radius 3 is 2.63 bits per heavy atom. The van der Waals surface area contributed by atoms with E-state index in [9.17, 15) is 26.7 Å². The van der Waals surface area contributed by atoms with Crippen molar-refractivity contribution in [2.24, 2.45) is 0 Å². The van der Waals surface area contributed by atoms with E-state index in [-0.39, 0.29) is 24.1 Å². The molecule has 1 unspecified atom stereocenters. The summed E-state index contributed by atoms with van der Waals surface area (Å²) in [6.45, 7) is 0.919. The molecule has 0 fully saturated rings. The maximum Gasteiger partial charge on any atom is 0.433 e. The fourth-order valence-corrected chi connectivity index (χ4v) is 4.02. The molecule has 0 saturated heterocycles. The third-order valence-electron chi connectivity index (χ3n) is 5.61. The van der Waals surface area contributed by atoms with Crippen LogP contribution in [0, 0.1) is 11.6 Å². The summed E-state index contributed by atoms with van der Waals surface area (Å²) in [6, 6.07) is 5.11. The Labute approximate surface area is 195 Å². The first-order valence-corrected chi connectivity index (χ1v) is 10.6. The van der Waals surface area contributed by atoms with Crippen LogP contribution in [0.15, 0.2) is 53.5 Å². The molecule has 2 aliphatic heterocycles. The zero-order chi connectivity index (χ0) is 24.7. The lowest BCUT2D eigenvalue weighted by Crippen LogP contribution is -2.33. The van der Waals surface area contributed by atoms with Gasteiger partial charge in [0.1, 0.15) is 23.9 Å². The van der Waals surface area contributed by atoms with Gasteiger partial charge in [-0.25, -0.2) is 13.6 Å². The Bertz CT molecular complexity index is 1350. The molecule has 2 aliphatic rings. The van der Waals surface area contributed by atoms with Gasteiger partial charge in [0.05, 0.1) is 12.6 Å². The molecule has 1 atom stereocenters. The van der Waals surface area contributed by atoms with E-state index in [2.05, 4.69) is 20.9 Å². The summed E-state index contributed by atoms with van der Waals surface area (Å²) in [6.07, 6.45) is 1.01. The van der Waals surface area contributed by atoms with Gasteiger partial charge >= 0.3 is 11.9 Å². The topological polar surface area (TPSA) is 69.5 Å². The lowest BCUT2D eigenvalue weighted by atomic mass is 10.1. The molecular formula is C23H17F5N4O3. The molecular weight excluding hydrogens is 475 g/mol. The largest absolute Gasteiger partial charge is 0.473 e. The second-order valence-electron chi connectivity index (χ2n) is 7.98. The van der Waals surface area contributed by atoms with E-state index in [1.54, 1.807) is 10.6 Å². The van der Waals surface area contributed by atoms with Gasteiger partial charge in [0.25, 0.3) is 0 Å². The Kier molecular flexibility index (Phi) is 5.65. The van der Waals surface area contributed by atoms with Crippen LogP contribution in [0.5, 0.6) is 17.4 Å². The predicted octanol–water partition coefficient (Wildman–Crippen LogP) is 4.46. The standard InChI is InChI=1S/C23H17F5N4O3/c24-16-7-13(8-17(25)21(16)35-15-4-5-29-18(9-15)23(26,27)28)12-34-19-10-20-31-6-2-1-3-14(31)11-32(20)22(33)30-19/h1,3-5,7-10,14H,2,6,11-12H2. The first kappa shape index (κ1) is 22.8. The van der Waals surface area contributed by atoms with Gasteiger partial charge in [-0.3, -0.25) is 9.55 Å². The van der Waals surface area contributed by atoms with Crippen LogP contribution in [-0.4, -0.2) is 27.1 Å². The molecule has 0 radical (unpaired) electrons. The minimum Gasteiger partial charge on any atom is -0.473 e. The number of pyridine rings is 1. The Morgan fingerprint density at radius 1 is 1.11 bits per heavy atom. The van der Waals surface area contributed by atoms with Gasteiger partial charge in [-0.15, -0.1) is 0 Å². The molecule has 1 aromatic carbocycles. The summed E-state index contributed by atoms with van der Waals surface area (Å²) in [5.74, 6) is -2.91. The van der Waals surface area contributed by atoms with Gasteiger partial charge in [-0.1, -0.05) is 12.2 Å². The Hall–Kier alpha value is -3.96. The SMILES string of the molecule is O=c1nc(OCc2cc(F)c(Oc3ccnc(C(F)(F)F)c3)c(F)c2)cc2n1CC1C=CCCN21. The van der Waals surface area contributed by atoms with Crippen LogP contribution in [0.1, 0.15) is 17.7 Å². The highest BCUT2D eigenvalue weighted by atomic mass is 19.4. The van der Waals surface area contributed by atoms with Crippen LogP contribution in [0.25, 0.3) is 0 Å². The van der Waals surface area contributed by atoms with Crippen LogP contribution in [-0.2, 0) is 19.3 Å². The Balaban J connectivity index is 1.32. The van der Waals surface area contributed by atoms with E-state index in [0.717, 1.165) is 37.4 Å². The highest BCUT2D eigenvalue weighted by molar-refractivity contribution is 5.49. The molecule has 0 N–H and O–H groups in total. The number of alkyl halides is 3. The fourth-order valence-electron chi connectivity index (χ4n) is 4.02. The third kappa shape index (κ3) is 4.55. The van der Waals surface area contributed by atoms with Crippen LogP contribution in [0.4, 0.5) is 27.8 Å². The number of halogens is 5. The predicted molar refractivity (Wildman–Crippen MR) is 113 cm³/mol. The van der Waals surface area contributed by atoms with Crippen molar-refractivity contribution in [3.8, 4) is 17.4 Å². The summed E-state index contributed by atoms with van der Waals surface area (Å²) in [4.78, 5) is 21.5. The van der Waals surface area contributed by atoms with Crippen LogP contribution in [0.3, 0.4) is 0 Å². The van der Waals surface area contributed by atoms with E-state index in [1.165, 1.54) is 0 Å². The normalized spacial score (nSPS) is 16.7. The van der Waals surface area contributed by atoms with Gasteiger partial charge in [-0.2, -0.15) is 18.2 Å². The molecule has 0 saturated carbocycles. The van der Waals surface area contributed by atoms with Crippen molar-refractivity contribution in [3.05, 3.63) is 82.1 Å². The van der Waals surface area contributed by atoms with Crippen molar-refractivity contribution in [2.45, 2.75) is 31.8 Å².